The Balaban J connectivity index is 2.15. The molecule has 0 unspecified atom stereocenters. The third kappa shape index (κ3) is 4.51. The number of hydrogen-bond acceptors (Lipinski definition) is 2. The highest BCUT2D eigenvalue weighted by atomic mass is 15.2. The molecule has 0 radical (unpaired) electrons. The van der Waals surface area contributed by atoms with Crippen LogP contribution in [0.15, 0.2) is 0 Å². The van der Waals surface area contributed by atoms with Gasteiger partial charge in [-0.1, -0.05) is 0 Å². The van der Waals surface area contributed by atoms with Gasteiger partial charge in [0.05, 0.1) is 0 Å². The van der Waals surface area contributed by atoms with Crippen LogP contribution in [0.2, 0.25) is 0 Å². The first-order chi connectivity index (χ1) is 7.54. The van der Waals surface area contributed by atoms with Gasteiger partial charge >= 0.3 is 0 Å². The number of likely N-dealkylation sites (tertiary alicyclic amines) is 1. The lowest BCUT2D eigenvalue weighted by atomic mass is 9.98. The maximum absolute atomic E-state index is 6.71. The van der Waals surface area contributed by atoms with Crippen molar-refractivity contribution in [2.75, 3.05) is 26.2 Å². The average Bonchev–Trinajstić information content (AvgIpc) is 2.24. The molecule has 1 rings (SSSR count). The lowest BCUT2D eigenvalue weighted by Gasteiger charge is -2.41. The molecule has 1 aliphatic heterocycles. The second-order valence-corrected chi connectivity index (χ2v) is 5.62. The highest BCUT2D eigenvalue weighted by Crippen LogP contribution is 2.19. The zero-order valence-corrected chi connectivity index (χ0v) is 10.9. The normalized spacial score (nSPS) is 19.6. The minimum atomic E-state index is 0.315. The summed E-state index contributed by atoms with van der Waals surface area (Å²) in [6.45, 7) is 17.6. The largest absolute Gasteiger partial charge is 0.317 e. The van der Waals surface area contributed by atoms with Crippen LogP contribution in [0, 0.1) is 6.57 Å². The Morgan fingerprint density at radius 3 is 2.44 bits per heavy atom. The summed E-state index contributed by atoms with van der Waals surface area (Å²) >= 11 is 0. The van der Waals surface area contributed by atoms with Crippen LogP contribution in [-0.4, -0.2) is 42.7 Å². The van der Waals surface area contributed by atoms with E-state index in [0.29, 0.717) is 18.1 Å². The van der Waals surface area contributed by atoms with Crippen molar-refractivity contribution in [3.8, 4) is 0 Å². The van der Waals surface area contributed by atoms with E-state index >= 15 is 0 Å². The van der Waals surface area contributed by atoms with Crippen molar-refractivity contribution in [3.05, 3.63) is 11.4 Å². The van der Waals surface area contributed by atoms with Gasteiger partial charge in [0.2, 0.25) is 6.54 Å². The van der Waals surface area contributed by atoms with Crippen LogP contribution in [-0.2, 0) is 0 Å². The molecule has 0 aromatic rings. The van der Waals surface area contributed by atoms with Crippen LogP contribution in [0.5, 0.6) is 0 Å². The van der Waals surface area contributed by atoms with E-state index in [0.717, 1.165) is 13.0 Å². The molecule has 0 aromatic heterocycles. The molecule has 0 amide bonds. The van der Waals surface area contributed by atoms with Gasteiger partial charge in [-0.05, 0) is 33.6 Å². The third-order valence-corrected chi connectivity index (χ3v) is 3.32. The van der Waals surface area contributed by atoms with Crippen molar-refractivity contribution < 1.29 is 0 Å². The molecule has 0 aromatic carbocycles. The van der Waals surface area contributed by atoms with Gasteiger partial charge in [-0.15, -0.1) is 0 Å². The van der Waals surface area contributed by atoms with Gasteiger partial charge in [-0.25, -0.2) is 6.57 Å². The predicted octanol–water partition coefficient (Wildman–Crippen LogP) is 2.15. The van der Waals surface area contributed by atoms with Gasteiger partial charge in [0.1, 0.15) is 0 Å². The summed E-state index contributed by atoms with van der Waals surface area (Å²) in [5.74, 6) is 0. The van der Waals surface area contributed by atoms with Crippen LogP contribution in [0.4, 0.5) is 0 Å². The van der Waals surface area contributed by atoms with Gasteiger partial charge < -0.3 is 10.2 Å². The summed E-state index contributed by atoms with van der Waals surface area (Å²) in [5.41, 5.74) is 0.315. The minimum Gasteiger partial charge on any atom is -0.317 e. The van der Waals surface area contributed by atoms with Crippen molar-refractivity contribution in [3.63, 3.8) is 0 Å². The fourth-order valence-corrected chi connectivity index (χ4v) is 2.22. The van der Waals surface area contributed by atoms with E-state index < -0.39 is 0 Å². The van der Waals surface area contributed by atoms with Crippen molar-refractivity contribution >= 4 is 0 Å². The van der Waals surface area contributed by atoms with E-state index in [9.17, 15) is 0 Å². The van der Waals surface area contributed by atoms with Gasteiger partial charge in [-0.3, -0.25) is 4.90 Å². The summed E-state index contributed by atoms with van der Waals surface area (Å²) < 4.78 is 0. The smallest absolute Gasteiger partial charge is 0.215 e. The second kappa shape index (κ2) is 6.22. The highest BCUT2D eigenvalue weighted by Gasteiger charge is 2.26. The average molecular weight is 223 g/mol. The van der Waals surface area contributed by atoms with E-state index in [1.807, 2.05) is 0 Å². The SMILES string of the molecule is [C-]#[N+]CCCNC1CCN(C(C)(C)C)CC1. The first-order valence-electron chi connectivity index (χ1n) is 6.35. The molecule has 0 bridgehead atoms. The fraction of sp³-hybridized carbons (Fsp3) is 0.923. The molecular weight excluding hydrogens is 198 g/mol. The first-order valence-corrected chi connectivity index (χ1v) is 6.35. The Hall–Kier alpha value is -0.590. The molecule has 1 aliphatic rings. The van der Waals surface area contributed by atoms with Crippen LogP contribution in [0.25, 0.3) is 4.85 Å². The molecule has 0 spiro atoms. The number of piperidine rings is 1. The van der Waals surface area contributed by atoms with Crippen LogP contribution < -0.4 is 5.32 Å². The molecule has 0 aliphatic carbocycles. The van der Waals surface area contributed by atoms with Crippen molar-refractivity contribution in [1.82, 2.24) is 10.2 Å². The maximum atomic E-state index is 6.71. The molecule has 16 heavy (non-hydrogen) atoms. The molecule has 0 atom stereocenters. The van der Waals surface area contributed by atoms with E-state index in [1.165, 1.54) is 25.9 Å². The summed E-state index contributed by atoms with van der Waals surface area (Å²) in [6, 6.07) is 0.671. The van der Waals surface area contributed by atoms with Gasteiger partial charge in [0.25, 0.3) is 0 Å². The quantitative estimate of drug-likeness (QED) is 0.582. The van der Waals surface area contributed by atoms with Gasteiger partial charge in [0, 0.05) is 37.6 Å². The Bertz CT molecular complexity index is 229. The molecule has 1 fully saturated rings. The maximum Gasteiger partial charge on any atom is 0.215 e. The molecule has 92 valence electrons. The van der Waals surface area contributed by atoms with E-state index in [2.05, 4.69) is 35.8 Å². The van der Waals surface area contributed by atoms with E-state index in [-0.39, 0.29) is 0 Å². The van der Waals surface area contributed by atoms with Crippen molar-refractivity contribution in [1.29, 1.82) is 0 Å². The Labute approximate surface area is 100 Å². The molecule has 3 nitrogen and oxygen atoms in total. The summed E-state index contributed by atoms with van der Waals surface area (Å²) in [4.78, 5) is 5.92. The lowest BCUT2D eigenvalue weighted by molar-refractivity contribution is 0.0964. The summed E-state index contributed by atoms with van der Waals surface area (Å²) in [5, 5.41) is 3.56. The number of hydrogen-bond donors (Lipinski definition) is 1. The van der Waals surface area contributed by atoms with E-state index in [4.69, 9.17) is 6.57 Å². The Morgan fingerprint density at radius 1 is 1.31 bits per heavy atom. The molecule has 1 N–H and O–H groups in total. The second-order valence-electron chi connectivity index (χ2n) is 5.62. The van der Waals surface area contributed by atoms with Crippen LogP contribution in [0.3, 0.4) is 0 Å². The molecule has 0 saturated carbocycles. The fourth-order valence-electron chi connectivity index (χ4n) is 2.22. The zero-order valence-electron chi connectivity index (χ0n) is 10.9. The van der Waals surface area contributed by atoms with Gasteiger partial charge in [-0.2, -0.15) is 0 Å². The molecular formula is C13H25N3. The lowest BCUT2D eigenvalue weighted by Crippen LogP contribution is -2.50. The first kappa shape index (κ1) is 13.5. The van der Waals surface area contributed by atoms with Gasteiger partial charge in [0.15, 0.2) is 0 Å². The monoisotopic (exact) mass is 223 g/mol. The van der Waals surface area contributed by atoms with Crippen molar-refractivity contribution in [2.24, 2.45) is 0 Å². The Kier molecular flexibility index (Phi) is 5.24. The van der Waals surface area contributed by atoms with E-state index in [1.54, 1.807) is 0 Å². The Morgan fingerprint density at radius 2 is 1.94 bits per heavy atom. The minimum absolute atomic E-state index is 0.315. The van der Waals surface area contributed by atoms with Crippen LogP contribution in [0.1, 0.15) is 40.0 Å². The number of nitrogens with one attached hydrogen (secondary N) is 1. The standard InChI is InChI=1S/C13H25N3/c1-13(2,3)16-10-6-12(7-11-16)15-9-5-8-14-4/h12,15H,5-11H2,1-3H3. The van der Waals surface area contributed by atoms with Crippen LogP contribution >= 0.6 is 0 Å². The summed E-state index contributed by atoms with van der Waals surface area (Å²) in [7, 11) is 0. The number of rotatable bonds is 4. The molecule has 1 saturated heterocycles. The molecule has 1 heterocycles. The highest BCUT2D eigenvalue weighted by molar-refractivity contribution is 4.84. The van der Waals surface area contributed by atoms with Crippen molar-refractivity contribution in [2.45, 2.75) is 51.6 Å². The third-order valence-electron chi connectivity index (χ3n) is 3.32. The molecule has 3 heteroatoms. The zero-order chi connectivity index (χ0) is 12.0. The number of nitrogens with zero attached hydrogens (tertiary/aromatic N) is 2. The predicted molar refractivity (Wildman–Crippen MR) is 68.4 cm³/mol. The summed E-state index contributed by atoms with van der Waals surface area (Å²) in [6.07, 6.45) is 3.48. The topological polar surface area (TPSA) is 19.6 Å².